The molecule has 0 aliphatic carbocycles. The average Bonchev–Trinajstić information content (AvgIpc) is 3.70. The van der Waals surface area contributed by atoms with E-state index in [2.05, 4.69) is 38.1 Å². The van der Waals surface area contributed by atoms with E-state index in [4.69, 9.17) is 0 Å². The first-order valence-electron chi connectivity index (χ1n) is 16.5. The molecule has 3 fully saturated rings. The number of piperazine rings is 2. The van der Waals surface area contributed by atoms with E-state index in [1.54, 1.807) is 4.90 Å². The molecule has 4 aliphatic rings. The van der Waals surface area contributed by atoms with Gasteiger partial charge < -0.3 is 30.7 Å². The zero-order valence-corrected chi connectivity index (χ0v) is 26.4. The number of hydrogen-bond donors (Lipinski definition) is 4. The monoisotopic (exact) mass is 630 g/mol. The molecule has 4 amide bonds. The topological polar surface area (TPSA) is 125 Å². The summed E-state index contributed by atoms with van der Waals surface area (Å²) in [5.74, 6) is -0.362. The lowest BCUT2D eigenvalue weighted by Crippen LogP contribution is -2.64. The summed E-state index contributed by atoms with van der Waals surface area (Å²) in [4.78, 5) is 56.1. The molecule has 5 heterocycles. The highest BCUT2D eigenvalue weighted by molar-refractivity contribution is 6.00. The summed E-state index contributed by atoms with van der Waals surface area (Å²) >= 11 is 0. The normalized spacial score (nSPS) is 28.0. The Morgan fingerprint density at radius 3 is 2.23 bits per heavy atom. The molecule has 1 unspecified atom stereocenters. The van der Waals surface area contributed by atoms with Gasteiger partial charge in [-0.3, -0.25) is 19.2 Å². The van der Waals surface area contributed by atoms with Crippen molar-refractivity contribution in [2.24, 2.45) is 5.92 Å². The average molecular weight is 631 g/mol. The number of carbonyl (C=O) groups excluding carboxylic acids is 4. The lowest BCUT2D eigenvalue weighted by Gasteiger charge is -2.39. The number of nitrogens with zero attached hydrogens (tertiary/aromatic N) is 2. The quantitative estimate of drug-likeness (QED) is 0.250. The summed E-state index contributed by atoms with van der Waals surface area (Å²) in [6.07, 6.45) is 3.22. The maximum atomic E-state index is 14.3. The van der Waals surface area contributed by atoms with Crippen LogP contribution in [0.1, 0.15) is 43.4 Å². The highest BCUT2D eigenvalue weighted by Gasteiger charge is 2.64. The summed E-state index contributed by atoms with van der Waals surface area (Å²) in [5, 5.41) is 13.5. The number of hydrogen-bond acceptors (Lipinski definition) is 5. The largest absolute Gasteiger partial charge is 0.363 e. The van der Waals surface area contributed by atoms with E-state index in [9.17, 15) is 19.2 Å². The van der Waals surface area contributed by atoms with Crippen molar-refractivity contribution >= 4 is 40.2 Å². The molecule has 0 saturated carbocycles. The number of aromatic nitrogens is 1. The fraction of sp³-hybridized carbons (Fsp3) is 0.351. The van der Waals surface area contributed by atoms with Crippen LogP contribution < -0.4 is 21.3 Å². The Morgan fingerprint density at radius 1 is 0.745 bits per heavy atom. The first kappa shape index (κ1) is 29.3. The minimum Gasteiger partial charge on any atom is -0.363 e. The summed E-state index contributed by atoms with van der Waals surface area (Å²) in [7, 11) is 0. The summed E-state index contributed by atoms with van der Waals surface area (Å²) in [6, 6.07) is 23.2. The van der Waals surface area contributed by atoms with Gasteiger partial charge in [-0.25, -0.2) is 0 Å². The third-order valence-electron chi connectivity index (χ3n) is 10.3. The smallest absolute Gasteiger partial charge is 0.247 e. The van der Waals surface area contributed by atoms with E-state index < -0.39 is 35.9 Å². The molecule has 0 bridgehead atoms. The summed E-state index contributed by atoms with van der Waals surface area (Å²) in [5.41, 5.74) is 3.95. The third kappa shape index (κ3) is 4.60. The predicted octanol–water partition coefficient (Wildman–Crippen LogP) is 3.05. The van der Waals surface area contributed by atoms with Crippen molar-refractivity contribution in [3.63, 3.8) is 0 Å². The van der Waals surface area contributed by atoms with Gasteiger partial charge in [-0.05, 0) is 35.6 Å². The highest BCUT2D eigenvalue weighted by Crippen LogP contribution is 2.54. The van der Waals surface area contributed by atoms with Gasteiger partial charge in [0.05, 0.1) is 0 Å². The van der Waals surface area contributed by atoms with Gasteiger partial charge in [0.1, 0.15) is 35.9 Å². The zero-order valence-electron chi connectivity index (χ0n) is 26.4. The summed E-state index contributed by atoms with van der Waals surface area (Å²) in [6.45, 7) is 4.05. The fourth-order valence-electron chi connectivity index (χ4n) is 8.27. The standard InChI is InChI=1S/C37H38N6O4/c1-21(2)16-27-32(44)39-28(33(45)38-27)18-23-20-42(30-15-9-6-12-24(23)30)37-19-31-34(46)40-29(17-22-10-4-3-5-11-22)35(47)43(31)36(37)41-26-14-8-7-13-25(26)37/h3-15,20-21,27-29,31,36,41H,16-19H2,1-2H3,(H,38,45)(H,39,44)(H,40,46)/t27-,28?,29-,31+,36-,37+/m1/s1. The van der Waals surface area contributed by atoms with E-state index in [1.807, 2.05) is 86.6 Å². The molecule has 240 valence electrons. The van der Waals surface area contributed by atoms with Crippen molar-refractivity contribution in [2.75, 3.05) is 5.32 Å². The van der Waals surface area contributed by atoms with E-state index in [-0.39, 0.29) is 29.5 Å². The number of benzene rings is 3. The molecular formula is C37H38N6O4. The molecule has 1 aromatic heterocycles. The molecule has 4 aliphatic heterocycles. The van der Waals surface area contributed by atoms with Crippen molar-refractivity contribution < 1.29 is 19.2 Å². The number of amides is 4. The lowest BCUT2D eigenvalue weighted by atomic mass is 9.86. The van der Waals surface area contributed by atoms with Gasteiger partial charge in [0, 0.05) is 47.6 Å². The molecule has 8 rings (SSSR count). The molecule has 4 N–H and O–H groups in total. The Hall–Kier alpha value is -5.12. The Kier molecular flexibility index (Phi) is 6.86. The van der Waals surface area contributed by atoms with E-state index >= 15 is 0 Å². The van der Waals surface area contributed by atoms with Crippen LogP contribution in [0.25, 0.3) is 10.9 Å². The molecule has 4 aromatic rings. The van der Waals surface area contributed by atoms with Gasteiger partial charge in [0.15, 0.2) is 0 Å². The van der Waals surface area contributed by atoms with Crippen LogP contribution in [-0.4, -0.2) is 63.4 Å². The number of carbonyl (C=O) groups is 4. The predicted molar refractivity (Wildman–Crippen MR) is 177 cm³/mol. The second-order valence-electron chi connectivity index (χ2n) is 13.7. The van der Waals surface area contributed by atoms with E-state index in [0.717, 1.165) is 33.3 Å². The zero-order chi connectivity index (χ0) is 32.4. The Balaban J connectivity index is 1.19. The maximum absolute atomic E-state index is 14.3. The highest BCUT2D eigenvalue weighted by atomic mass is 16.2. The second kappa shape index (κ2) is 11.0. The van der Waals surface area contributed by atoms with Crippen LogP contribution in [0, 0.1) is 5.92 Å². The number of nitrogens with one attached hydrogen (secondary N) is 4. The van der Waals surface area contributed by atoms with Gasteiger partial charge >= 0.3 is 0 Å². The molecular weight excluding hydrogens is 592 g/mol. The van der Waals surface area contributed by atoms with Gasteiger partial charge in [0.25, 0.3) is 0 Å². The Morgan fingerprint density at radius 2 is 1.43 bits per heavy atom. The van der Waals surface area contributed by atoms with Crippen LogP contribution >= 0.6 is 0 Å². The van der Waals surface area contributed by atoms with Gasteiger partial charge in [-0.2, -0.15) is 0 Å². The molecule has 0 spiro atoms. The Bertz CT molecular complexity index is 1920. The van der Waals surface area contributed by atoms with E-state index in [0.29, 0.717) is 25.7 Å². The first-order chi connectivity index (χ1) is 22.7. The molecule has 6 atom stereocenters. The van der Waals surface area contributed by atoms with Crippen molar-refractivity contribution in [1.29, 1.82) is 0 Å². The number of para-hydroxylation sites is 2. The molecule has 0 radical (unpaired) electrons. The SMILES string of the molecule is CC(C)C[C@H]1NC(=O)C(Cc2cn([C@]34C[C@H]5C(=O)N[C@H](Cc6ccccc6)C(=O)N5[C@H]3Nc3ccccc34)c3ccccc23)NC1=O. The number of fused-ring (bicyclic) bond motifs is 6. The molecule has 3 aromatic carbocycles. The molecule has 47 heavy (non-hydrogen) atoms. The van der Waals surface area contributed by atoms with Crippen LogP contribution in [0.4, 0.5) is 5.69 Å². The van der Waals surface area contributed by atoms with Crippen LogP contribution in [0.3, 0.4) is 0 Å². The minimum absolute atomic E-state index is 0.111. The minimum atomic E-state index is -0.797. The molecule has 10 heteroatoms. The van der Waals surface area contributed by atoms with Gasteiger partial charge in [-0.15, -0.1) is 0 Å². The summed E-state index contributed by atoms with van der Waals surface area (Å²) < 4.78 is 2.20. The van der Waals surface area contributed by atoms with Crippen LogP contribution in [0.15, 0.2) is 85.1 Å². The second-order valence-corrected chi connectivity index (χ2v) is 13.7. The first-order valence-corrected chi connectivity index (χ1v) is 16.5. The van der Waals surface area contributed by atoms with Gasteiger partial charge in [-0.1, -0.05) is 80.6 Å². The maximum Gasteiger partial charge on any atom is 0.247 e. The lowest BCUT2D eigenvalue weighted by molar-refractivity contribution is -0.148. The van der Waals surface area contributed by atoms with Crippen LogP contribution in [0.2, 0.25) is 0 Å². The van der Waals surface area contributed by atoms with Crippen LogP contribution in [-0.2, 0) is 37.6 Å². The fourth-order valence-corrected chi connectivity index (χ4v) is 8.27. The third-order valence-corrected chi connectivity index (χ3v) is 10.3. The number of rotatable bonds is 7. The van der Waals surface area contributed by atoms with Gasteiger partial charge in [0.2, 0.25) is 23.6 Å². The molecule has 3 saturated heterocycles. The van der Waals surface area contributed by atoms with E-state index in [1.165, 1.54) is 0 Å². The van der Waals surface area contributed by atoms with Crippen molar-refractivity contribution in [3.8, 4) is 0 Å². The number of anilines is 1. The van der Waals surface area contributed by atoms with Crippen molar-refractivity contribution in [1.82, 2.24) is 25.4 Å². The van der Waals surface area contributed by atoms with Crippen molar-refractivity contribution in [3.05, 3.63) is 102 Å². The Labute approximate surface area is 272 Å². The van der Waals surface area contributed by atoms with Crippen molar-refractivity contribution in [2.45, 2.75) is 75.4 Å². The van der Waals surface area contributed by atoms with Crippen LogP contribution in [0.5, 0.6) is 0 Å². The molecule has 10 nitrogen and oxygen atoms in total.